The lowest BCUT2D eigenvalue weighted by Gasteiger charge is -2.31. The molecule has 1 saturated heterocycles. The van der Waals surface area contributed by atoms with Crippen LogP contribution in [0.1, 0.15) is 40.5 Å². The van der Waals surface area contributed by atoms with Crippen molar-refractivity contribution in [1.29, 1.82) is 0 Å². The molecule has 3 rings (SSSR count). The van der Waals surface area contributed by atoms with Gasteiger partial charge in [-0.15, -0.1) is 0 Å². The summed E-state index contributed by atoms with van der Waals surface area (Å²) < 4.78 is 4.69. The molecule has 6 nitrogen and oxygen atoms in total. The number of piperidine rings is 1. The van der Waals surface area contributed by atoms with E-state index < -0.39 is 5.97 Å². The number of carbonyl (C=O) groups excluding carboxylic acids is 2. The Hall–Kier alpha value is -2.60. The highest BCUT2D eigenvalue weighted by atomic mass is 35.5. The molecule has 1 aromatic heterocycles. The highest BCUT2D eigenvalue weighted by Gasteiger charge is 2.18. The second-order valence-corrected chi connectivity index (χ2v) is 7.15. The number of amides is 1. The Morgan fingerprint density at radius 3 is 2.70 bits per heavy atom. The van der Waals surface area contributed by atoms with Gasteiger partial charge in [-0.2, -0.15) is 0 Å². The molecule has 0 aliphatic carbocycles. The smallest absolute Gasteiger partial charge is 0.337 e. The minimum atomic E-state index is -0.496. The summed E-state index contributed by atoms with van der Waals surface area (Å²) in [6.45, 7) is 4.20. The molecule has 1 fully saturated rings. The van der Waals surface area contributed by atoms with Gasteiger partial charge in [-0.25, -0.2) is 9.78 Å². The number of halogens is 1. The number of hydrogen-bond donors (Lipinski definition) is 1. The molecular formula is C20H22ClN3O3. The molecule has 1 unspecified atom stereocenters. The number of nitrogens with zero attached hydrogens (tertiary/aromatic N) is 2. The zero-order valence-electron chi connectivity index (χ0n) is 15.4. The minimum absolute atomic E-state index is 0.310. The van der Waals surface area contributed by atoms with E-state index in [9.17, 15) is 9.59 Å². The van der Waals surface area contributed by atoms with Crippen molar-refractivity contribution in [2.45, 2.75) is 19.8 Å². The van der Waals surface area contributed by atoms with Crippen molar-refractivity contribution in [1.82, 2.24) is 4.98 Å². The Bertz CT molecular complexity index is 839. The monoisotopic (exact) mass is 387 g/mol. The van der Waals surface area contributed by atoms with Crippen LogP contribution < -0.4 is 10.2 Å². The highest BCUT2D eigenvalue weighted by molar-refractivity contribution is 6.34. The van der Waals surface area contributed by atoms with Gasteiger partial charge in [0.15, 0.2) is 0 Å². The summed E-state index contributed by atoms with van der Waals surface area (Å²) in [6, 6.07) is 8.18. The van der Waals surface area contributed by atoms with Crippen molar-refractivity contribution in [3.8, 4) is 0 Å². The summed E-state index contributed by atoms with van der Waals surface area (Å²) in [5.74, 6) is 0.686. The molecule has 1 amide bonds. The standard InChI is InChI=1S/C20H22ClN3O3/c1-13-4-3-9-24(12-13)18-8-6-15(11-22-18)19(25)23-17-10-14(20(26)27-2)5-7-16(17)21/h5-8,10-11,13H,3-4,9,12H2,1-2H3,(H,23,25). The van der Waals surface area contributed by atoms with E-state index in [1.807, 2.05) is 6.07 Å². The first kappa shape index (κ1) is 19.2. The summed E-state index contributed by atoms with van der Waals surface area (Å²) in [5.41, 5.74) is 1.08. The molecule has 1 aliphatic heterocycles. The maximum Gasteiger partial charge on any atom is 0.337 e. The predicted molar refractivity (Wildman–Crippen MR) is 106 cm³/mol. The fourth-order valence-corrected chi connectivity index (χ4v) is 3.33. The Morgan fingerprint density at radius 2 is 2.04 bits per heavy atom. The molecule has 1 aromatic carbocycles. The van der Waals surface area contributed by atoms with Gasteiger partial charge < -0.3 is 15.0 Å². The number of rotatable bonds is 4. The van der Waals surface area contributed by atoms with Crippen molar-refractivity contribution in [2.24, 2.45) is 5.92 Å². The third-order valence-corrected chi connectivity index (χ3v) is 4.96. The molecule has 1 N–H and O–H groups in total. The lowest BCUT2D eigenvalue weighted by atomic mass is 10.0. The third-order valence-electron chi connectivity index (χ3n) is 4.63. The largest absolute Gasteiger partial charge is 0.465 e. The molecule has 2 aromatic rings. The van der Waals surface area contributed by atoms with Crippen LogP contribution in [0.5, 0.6) is 0 Å². The van der Waals surface area contributed by atoms with E-state index in [1.165, 1.54) is 19.6 Å². The Balaban J connectivity index is 1.72. The SMILES string of the molecule is COC(=O)c1ccc(Cl)c(NC(=O)c2ccc(N3CCCC(C)C3)nc2)c1. The first-order valence-corrected chi connectivity index (χ1v) is 9.26. The van der Waals surface area contributed by atoms with Crippen molar-refractivity contribution < 1.29 is 14.3 Å². The zero-order chi connectivity index (χ0) is 19.4. The number of pyridine rings is 1. The van der Waals surface area contributed by atoms with Crippen LogP contribution in [0, 0.1) is 5.92 Å². The second-order valence-electron chi connectivity index (χ2n) is 6.74. The minimum Gasteiger partial charge on any atom is -0.465 e. The van der Waals surface area contributed by atoms with Crippen LogP contribution in [0.4, 0.5) is 11.5 Å². The van der Waals surface area contributed by atoms with E-state index in [1.54, 1.807) is 24.4 Å². The number of benzene rings is 1. The Kier molecular flexibility index (Phi) is 5.96. The number of carbonyl (C=O) groups is 2. The van der Waals surface area contributed by atoms with E-state index in [2.05, 4.69) is 26.9 Å². The van der Waals surface area contributed by atoms with Crippen LogP contribution in [0.25, 0.3) is 0 Å². The van der Waals surface area contributed by atoms with Gasteiger partial charge in [0, 0.05) is 19.3 Å². The van der Waals surface area contributed by atoms with E-state index in [-0.39, 0.29) is 5.91 Å². The summed E-state index contributed by atoms with van der Waals surface area (Å²) in [4.78, 5) is 30.8. The van der Waals surface area contributed by atoms with Gasteiger partial charge in [0.25, 0.3) is 5.91 Å². The molecular weight excluding hydrogens is 366 g/mol. The summed E-state index contributed by atoms with van der Waals surface area (Å²) in [6.07, 6.45) is 3.95. The maximum absolute atomic E-state index is 12.5. The average Bonchev–Trinajstić information content (AvgIpc) is 2.69. The fourth-order valence-electron chi connectivity index (χ4n) is 3.17. The molecule has 1 atom stereocenters. The van der Waals surface area contributed by atoms with E-state index in [0.29, 0.717) is 27.8 Å². The lowest BCUT2D eigenvalue weighted by Crippen LogP contribution is -2.34. The van der Waals surface area contributed by atoms with Crippen LogP contribution in [-0.4, -0.2) is 37.1 Å². The van der Waals surface area contributed by atoms with Crippen molar-refractivity contribution >= 4 is 35.0 Å². The molecule has 1 aliphatic rings. The van der Waals surface area contributed by atoms with E-state index >= 15 is 0 Å². The van der Waals surface area contributed by atoms with Crippen LogP contribution in [0.3, 0.4) is 0 Å². The summed E-state index contributed by atoms with van der Waals surface area (Å²) in [5, 5.41) is 3.06. The van der Waals surface area contributed by atoms with Crippen LogP contribution >= 0.6 is 11.6 Å². The quantitative estimate of drug-likeness (QED) is 0.802. The van der Waals surface area contributed by atoms with Gasteiger partial charge in [0.2, 0.25) is 0 Å². The van der Waals surface area contributed by atoms with Crippen LogP contribution in [0.2, 0.25) is 5.02 Å². The molecule has 142 valence electrons. The molecule has 2 heterocycles. The molecule has 0 saturated carbocycles. The molecule has 0 spiro atoms. The van der Waals surface area contributed by atoms with Gasteiger partial charge in [-0.3, -0.25) is 4.79 Å². The fraction of sp³-hybridized carbons (Fsp3) is 0.350. The van der Waals surface area contributed by atoms with Crippen molar-refractivity contribution in [3.63, 3.8) is 0 Å². The molecule has 7 heteroatoms. The molecule has 27 heavy (non-hydrogen) atoms. The first-order valence-electron chi connectivity index (χ1n) is 8.88. The first-order chi connectivity index (χ1) is 13.0. The second kappa shape index (κ2) is 8.39. The number of hydrogen-bond acceptors (Lipinski definition) is 5. The van der Waals surface area contributed by atoms with Gasteiger partial charge in [0.1, 0.15) is 5.82 Å². The van der Waals surface area contributed by atoms with E-state index in [0.717, 1.165) is 25.3 Å². The van der Waals surface area contributed by atoms with Gasteiger partial charge >= 0.3 is 5.97 Å². The Labute approximate surface area is 163 Å². The molecule has 0 radical (unpaired) electrons. The number of nitrogens with one attached hydrogen (secondary N) is 1. The van der Waals surface area contributed by atoms with Crippen molar-refractivity contribution in [2.75, 3.05) is 30.4 Å². The lowest BCUT2D eigenvalue weighted by molar-refractivity contribution is 0.0600. The third kappa shape index (κ3) is 4.57. The maximum atomic E-state index is 12.5. The highest BCUT2D eigenvalue weighted by Crippen LogP contribution is 2.25. The normalized spacial score (nSPS) is 16.7. The summed E-state index contributed by atoms with van der Waals surface area (Å²) >= 11 is 6.13. The van der Waals surface area contributed by atoms with E-state index in [4.69, 9.17) is 11.6 Å². The Morgan fingerprint density at radius 1 is 1.26 bits per heavy atom. The number of aromatic nitrogens is 1. The topological polar surface area (TPSA) is 71.5 Å². The number of ether oxygens (including phenoxy) is 1. The van der Waals surface area contributed by atoms with Crippen LogP contribution in [-0.2, 0) is 4.74 Å². The van der Waals surface area contributed by atoms with Gasteiger partial charge in [-0.1, -0.05) is 18.5 Å². The van der Waals surface area contributed by atoms with Crippen molar-refractivity contribution in [3.05, 3.63) is 52.7 Å². The number of methoxy groups -OCH3 is 1. The van der Waals surface area contributed by atoms with Crippen LogP contribution in [0.15, 0.2) is 36.5 Å². The number of anilines is 2. The average molecular weight is 388 g/mol. The zero-order valence-corrected chi connectivity index (χ0v) is 16.1. The van der Waals surface area contributed by atoms with Gasteiger partial charge in [0.05, 0.1) is 28.9 Å². The van der Waals surface area contributed by atoms with Gasteiger partial charge in [-0.05, 0) is 49.1 Å². The number of esters is 1. The molecule has 0 bridgehead atoms. The summed E-state index contributed by atoms with van der Waals surface area (Å²) in [7, 11) is 1.30. The predicted octanol–water partition coefficient (Wildman–Crippen LogP) is 4.01.